The highest BCUT2D eigenvalue weighted by Gasteiger charge is 2.17. The predicted molar refractivity (Wildman–Crippen MR) is 150 cm³/mol. The summed E-state index contributed by atoms with van der Waals surface area (Å²) in [6.45, 7) is 4.88. The van der Waals surface area contributed by atoms with Crippen LogP contribution in [0, 0.1) is 0 Å². The van der Waals surface area contributed by atoms with Gasteiger partial charge >= 0.3 is 0 Å². The summed E-state index contributed by atoms with van der Waals surface area (Å²) in [5.74, 6) is 0.794. The SMILES string of the molecule is O=C(N/N=C\c1ccc(-c2ccc(Cl)cc2Cl)o1)c1ccc(CN2CCN(c3ccccc3)CC2)cc1. The third-order valence-corrected chi connectivity index (χ3v) is 6.85. The lowest BCUT2D eigenvalue weighted by Gasteiger charge is -2.36. The molecule has 6 nitrogen and oxygen atoms in total. The average molecular weight is 533 g/mol. The summed E-state index contributed by atoms with van der Waals surface area (Å²) >= 11 is 12.2. The van der Waals surface area contributed by atoms with E-state index in [0.717, 1.165) is 38.3 Å². The second-order valence-electron chi connectivity index (χ2n) is 8.82. The van der Waals surface area contributed by atoms with Crippen molar-refractivity contribution in [3.8, 4) is 11.3 Å². The van der Waals surface area contributed by atoms with Gasteiger partial charge in [-0.2, -0.15) is 5.10 Å². The molecule has 3 aromatic carbocycles. The number of furan rings is 1. The van der Waals surface area contributed by atoms with Crippen molar-refractivity contribution in [1.82, 2.24) is 10.3 Å². The third kappa shape index (κ3) is 6.41. The van der Waals surface area contributed by atoms with Crippen LogP contribution in [0.2, 0.25) is 10.0 Å². The van der Waals surface area contributed by atoms with Crippen LogP contribution < -0.4 is 10.3 Å². The molecule has 0 unspecified atom stereocenters. The topological polar surface area (TPSA) is 61.1 Å². The van der Waals surface area contributed by atoms with Crippen molar-refractivity contribution in [2.24, 2.45) is 5.10 Å². The smallest absolute Gasteiger partial charge is 0.271 e. The average Bonchev–Trinajstić information content (AvgIpc) is 3.38. The van der Waals surface area contributed by atoms with Gasteiger partial charge in [-0.1, -0.05) is 53.5 Å². The number of hydrogen-bond donors (Lipinski definition) is 1. The lowest BCUT2D eigenvalue weighted by molar-refractivity contribution is 0.0955. The van der Waals surface area contributed by atoms with E-state index in [0.29, 0.717) is 27.1 Å². The van der Waals surface area contributed by atoms with Gasteiger partial charge in [-0.15, -0.1) is 0 Å². The van der Waals surface area contributed by atoms with Crippen molar-refractivity contribution in [2.45, 2.75) is 6.54 Å². The van der Waals surface area contributed by atoms with E-state index >= 15 is 0 Å². The molecule has 4 aromatic rings. The molecule has 1 N–H and O–H groups in total. The van der Waals surface area contributed by atoms with Gasteiger partial charge in [0, 0.05) is 54.6 Å². The third-order valence-electron chi connectivity index (χ3n) is 6.30. The summed E-state index contributed by atoms with van der Waals surface area (Å²) in [5.41, 5.74) is 6.28. The number of rotatable bonds is 7. The largest absolute Gasteiger partial charge is 0.455 e. The molecule has 2 heterocycles. The van der Waals surface area contributed by atoms with Crippen molar-refractivity contribution in [3.05, 3.63) is 112 Å². The molecule has 0 radical (unpaired) electrons. The molecular formula is C29H26Cl2N4O2. The highest BCUT2D eigenvalue weighted by molar-refractivity contribution is 6.36. The molecule has 0 bridgehead atoms. The fourth-order valence-corrected chi connectivity index (χ4v) is 4.80. The fraction of sp³-hybridized carbons (Fsp3) is 0.172. The van der Waals surface area contributed by atoms with Gasteiger partial charge in [-0.3, -0.25) is 9.69 Å². The van der Waals surface area contributed by atoms with Crippen molar-refractivity contribution >= 4 is 41.0 Å². The van der Waals surface area contributed by atoms with Crippen LogP contribution in [-0.4, -0.2) is 43.2 Å². The van der Waals surface area contributed by atoms with Crippen LogP contribution in [0.1, 0.15) is 21.7 Å². The Bertz CT molecular complexity index is 1380. The molecule has 188 valence electrons. The van der Waals surface area contributed by atoms with Crippen molar-refractivity contribution in [3.63, 3.8) is 0 Å². The number of para-hydroxylation sites is 1. The van der Waals surface area contributed by atoms with Crippen LogP contribution >= 0.6 is 23.2 Å². The molecule has 8 heteroatoms. The van der Waals surface area contributed by atoms with E-state index in [-0.39, 0.29) is 5.91 Å². The van der Waals surface area contributed by atoms with Crippen LogP contribution in [0.3, 0.4) is 0 Å². The molecule has 1 aromatic heterocycles. The number of halogens is 2. The van der Waals surface area contributed by atoms with E-state index in [2.05, 4.69) is 44.6 Å². The summed E-state index contributed by atoms with van der Waals surface area (Å²) in [5, 5.41) is 5.08. The van der Waals surface area contributed by atoms with Crippen LogP contribution in [-0.2, 0) is 6.54 Å². The zero-order chi connectivity index (χ0) is 25.6. The van der Waals surface area contributed by atoms with Gasteiger partial charge in [-0.05, 0) is 60.2 Å². The van der Waals surface area contributed by atoms with Gasteiger partial charge in [0.2, 0.25) is 0 Å². The Kier molecular flexibility index (Phi) is 7.90. The molecule has 1 aliphatic rings. The number of carbonyl (C=O) groups is 1. The molecule has 1 saturated heterocycles. The number of carbonyl (C=O) groups excluding carboxylic acids is 1. The van der Waals surface area contributed by atoms with Crippen LogP contribution in [0.5, 0.6) is 0 Å². The highest BCUT2D eigenvalue weighted by Crippen LogP contribution is 2.31. The Labute approximate surface area is 226 Å². The molecular weight excluding hydrogens is 507 g/mol. The van der Waals surface area contributed by atoms with Crippen LogP contribution in [0.15, 0.2) is 94.4 Å². The molecule has 1 aliphatic heterocycles. The van der Waals surface area contributed by atoms with Gasteiger partial charge in [-0.25, -0.2) is 5.43 Å². The van der Waals surface area contributed by atoms with Crippen LogP contribution in [0.4, 0.5) is 5.69 Å². The number of nitrogens with zero attached hydrogens (tertiary/aromatic N) is 3. The maximum atomic E-state index is 12.5. The second-order valence-corrected chi connectivity index (χ2v) is 9.66. The first-order chi connectivity index (χ1) is 18.0. The zero-order valence-corrected chi connectivity index (χ0v) is 21.6. The number of piperazine rings is 1. The normalized spacial score (nSPS) is 14.3. The Morgan fingerprint density at radius 1 is 0.919 bits per heavy atom. The molecule has 37 heavy (non-hydrogen) atoms. The number of benzene rings is 3. The summed E-state index contributed by atoms with van der Waals surface area (Å²) in [4.78, 5) is 17.4. The van der Waals surface area contributed by atoms with E-state index in [1.807, 2.05) is 30.3 Å². The minimum absolute atomic E-state index is 0.285. The first-order valence-corrected chi connectivity index (χ1v) is 12.8. The molecule has 0 spiro atoms. The Morgan fingerprint density at radius 2 is 1.68 bits per heavy atom. The summed E-state index contributed by atoms with van der Waals surface area (Å²) in [6.07, 6.45) is 1.45. The molecule has 0 saturated carbocycles. The molecule has 1 amide bonds. The first-order valence-electron chi connectivity index (χ1n) is 12.0. The van der Waals surface area contributed by atoms with Crippen molar-refractivity contribution < 1.29 is 9.21 Å². The quantitative estimate of drug-likeness (QED) is 0.223. The predicted octanol–water partition coefficient (Wildman–Crippen LogP) is 6.34. The van der Waals surface area contributed by atoms with E-state index < -0.39 is 0 Å². The van der Waals surface area contributed by atoms with E-state index in [9.17, 15) is 4.79 Å². The lowest BCUT2D eigenvalue weighted by Crippen LogP contribution is -2.45. The molecule has 0 atom stereocenters. The number of amides is 1. The van der Waals surface area contributed by atoms with Crippen molar-refractivity contribution in [2.75, 3.05) is 31.1 Å². The summed E-state index contributed by atoms with van der Waals surface area (Å²) in [7, 11) is 0. The number of hydrazone groups is 1. The monoisotopic (exact) mass is 532 g/mol. The Balaban J connectivity index is 1.11. The van der Waals surface area contributed by atoms with Gasteiger partial charge in [0.1, 0.15) is 11.5 Å². The maximum Gasteiger partial charge on any atom is 0.271 e. The number of nitrogens with one attached hydrogen (secondary N) is 1. The highest BCUT2D eigenvalue weighted by atomic mass is 35.5. The van der Waals surface area contributed by atoms with Gasteiger partial charge in [0.25, 0.3) is 5.91 Å². The number of hydrogen-bond acceptors (Lipinski definition) is 5. The Morgan fingerprint density at radius 3 is 2.41 bits per heavy atom. The van der Waals surface area contributed by atoms with Gasteiger partial charge in [0.15, 0.2) is 0 Å². The Hall–Kier alpha value is -3.58. The zero-order valence-electron chi connectivity index (χ0n) is 20.1. The van der Waals surface area contributed by atoms with Crippen LogP contribution in [0.25, 0.3) is 11.3 Å². The van der Waals surface area contributed by atoms with Gasteiger partial charge in [0.05, 0.1) is 11.2 Å². The van der Waals surface area contributed by atoms with Gasteiger partial charge < -0.3 is 9.32 Å². The molecule has 5 rings (SSSR count). The first kappa shape index (κ1) is 25.1. The van der Waals surface area contributed by atoms with Crippen molar-refractivity contribution in [1.29, 1.82) is 0 Å². The van der Waals surface area contributed by atoms with E-state index in [1.165, 1.54) is 17.5 Å². The molecule has 1 fully saturated rings. The molecule has 0 aliphatic carbocycles. The number of anilines is 1. The lowest BCUT2D eigenvalue weighted by atomic mass is 10.1. The minimum Gasteiger partial charge on any atom is -0.455 e. The van der Waals surface area contributed by atoms with E-state index in [1.54, 1.807) is 30.3 Å². The maximum absolute atomic E-state index is 12.5. The standard InChI is InChI=1S/C29H26Cl2N4O2/c30-23-10-12-26(27(31)18-23)28-13-11-25(37-28)19-32-33-29(36)22-8-6-21(7-9-22)20-34-14-16-35(17-15-34)24-4-2-1-3-5-24/h1-13,18-19H,14-17,20H2,(H,33,36)/b32-19-. The summed E-state index contributed by atoms with van der Waals surface area (Å²) in [6, 6.07) is 26.9. The second kappa shape index (κ2) is 11.6. The van der Waals surface area contributed by atoms with E-state index in [4.69, 9.17) is 27.6 Å². The minimum atomic E-state index is -0.285. The summed E-state index contributed by atoms with van der Waals surface area (Å²) < 4.78 is 5.76. The fourth-order valence-electron chi connectivity index (χ4n) is 4.30.